The van der Waals surface area contributed by atoms with Crippen LogP contribution in [0.4, 0.5) is 5.69 Å². The average Bonchev–Trinajstić information content (AvgIpc) is 3.13. The van der Waals surface area contributed by atoms with Crippen molar-refractivity contribution in [3.8, 4) is 0 Å². The summed E-state index contributed by atoms with van der Waals surface area (Å²) in [6.07, 6.45) is 1.29. The summed E-state index contributed by atoms with van der Waals surface area (Å²) in [4.78, 5) is 31.1. The number of para-hydroxylation sites is 1. The molecule has 5 rings (SSSR count). The maximum Gasteiger partial charge on any atom is 0.323 e. The first-order chi connectivity index (χ1) is 16.6. The zero-order valence-electron chi connectivity index (χ0n) is 19.1. The number of carbonyl (C=O) groups is 2. The first kappa shape index (κ1) is 22.2. The van der Waals surface area contributed by atoms with Crippen LogP contribution in [0.2, 0.25) is 0 Å². The summed E-state index contributed by atoms with van der Waals surface area (Å²) in [5.41, 5.74) is 2.70. The highest BCUT2D eigenvalue weighted by molar-refractivity contribution is 5.95. The Morgan fingerprint density at radius 3 is 1.82 bits per heavy atom. The van der Waals surface area contributed by atoms with E-state index < -0.39 is 11.5 Å². The van der Waals surface area contributed by atoms with Crippen molar-refractivity contribution >= 4 is 17.6 Å². The van der Waals surface area contributed by atoms with E-state index in [4.69, 9.17) is 0 Å². The lowest BCUT2D eigenvalue weighted by Crippen LogP contribution is -2.57. The first-order valence-electron chi connectivity index (χ1n) is 11.8. The summed E-state index contributed by atoms with van der Waals surface area (Å²) in [6, 6.07) is 31.0. The minimum Gasteiger partial charge on any atom is -0.480 e. The Balaban J connectivity index is 1.45. The van der Waals surface area contributed by atoms with E-state index in [2.05, 4.69) is 58.3 Å². The smallest absolute Gasteiger partial charge is 0.323 e. The van der Waals surface area contributed by atoms with Gasteiger partial charge in [-0.15, -0.1) is 0 Å². The minimum absolute atomic E-state index is 0.0747. The summed E-state index contributed by atoms with van der Waals surface area (Å²) >= 11 is 0. The van der Waals surface area contributed by atoms with E-state index in [1.807, 2.05) is 42.5 Å². The van der Waals surface area contributed by atoms with Crippen LogP contribution in [0.25, 0.3) is 0 Å². The van der Waals surface area contributed by atoms with Gasteiger partial charge in [-0.25, -0.2) is 0 Å². The van der Waals surface area contributed by atoms with Crippen molar-refractivity contribution in [2.75, 3.05) is 31.2 Å². The molecule has 0 saturated carbocycles. The van der Waals surface area contributed by atoms with Crippen molar-refractivity contribution in [1.29, 1.82) is 0 Å². The second-order valence-electron chi connectivity index (χ2n) is 9.09. The zero-order chi connectivity index (χ0) is 23.5. The highest BCUT2D eigenvalue weighted by Crippen LogP contribution is 2.42. The molecule has 2 fully saturated rings. The summed E-state index contributed by atoms with van der Waals surface area (Å²) in [6.45, 7) is 1.51. The van der Waals surface area contributed by atoms with Gasteiger partial charge in [-0.05, 0) is 36.1 Å². The Morgan fingerprint density at radius 1 is 0.824 bits per heavy atom. The van der Waals surface area contributed by atoms with Crippen LogP contribution < -0.4 is 4.90 Å². The van der Waals surface area contributed by atoms with Gasteiger partial charge in [0.05, 0.1) is 12.7 Å². The molecular formula is C28H29N3O3. The molecule has 174 valence electrons. The molecule has 2 heterocycles. The topological polar surface area (TPSA) is 64.1 Å². The number of amides is 1. The Labute approximate surface area is 200 Å². The molecule has 0 unspecified atom stereocenters. The molecule has 2 aliphatic heterocycles. The monoisotopic (exact) mass is 455 g/mol. The van der Waals surface area contributed by atoms with Crippen molar-refractivity contribution in [2.24, 2.45) is 0 Å². The standard InChI is InChI=1S/C28H29N3O3/c32-25(33)20-30-21-31(24-14-8-3-9-15-24)28(27(30)34)16-18-29(19-17-28)26(22-10-4-1-5-11-22)23-12-6-2-7-13-23/h1-15,26H,16-21H2,(H,32,33). The van der Waals surface area contributed by atoms with Crippen molar-refractivity contribution in [2.45, 2.75) is 24.4 Å². The van der Waals surface area contributed by atoms with Gasteiger partial charge >= 0.3 is 5.97 Å². The summed E-state index contributed by atoms with van der Waals surface area (Å²) in [5.74, 6) is -1.06. The molecule has 1 amide bonds. The molecule has 0 radical (unpaired) electrons. The van der Waals surface area contributed by atoms with E-state index in [1.54, 1.807) is 0 Å². The molecule has 0 aliphatic carbocycles. The molecule has 0 atom stereocenters. The van der Waals surface area contributed by atoms with Crippen LogP contribution in [-0.2, 0) is 9.59 Å². The Hall–Kier alpha value is -3.64. The fourth-order valence-corrected chi connectivity index (χ4v) is 5.52. The maximum atomic E-state index is 13.6. The molecule has 6 heteroatoms. The molecule has 1 spiro atoms. The van der Waals surface area contributed by atoms with Gasteiger partial charge in [0.2, 0.25) is 0 Å². The van der Waals surface area contributed by atoms with E-state index in [0.29, 0.717) is 19.5 Å². The minimum atomic E-state index is -0.982. The maximum absolute atomic E-state index is 13.6. The Bertz CT molecular complexity index is 1090. The number of anilines is 1. The summed E-state index contributed by atoms with van der Waals surface area (Å²) in [5, 5.41) is 9.38. The molecule has 3 aromatic rings. The van der Waals surface area contributed by atoms with E-state index in [1.165, 1.54) is 16.0 Å². The number of nitrogens with zero attached hydrogens (tertiary/aromatic N) is 3. The predicted octanol–water partition coefficient (Wildman–Crippen LogP) is 4.00. The van der Waals surface area contributed by atoms with Crippen molar-refractivity contribution in [3.63, 3.8) is 0 Å². The van der Waals surface area contributed by atoms with Gasteiger partial charge in [0.15, 0.2) is 0 Å². The Kier molecular flexibility index (Phi) is 6.07. The second kappa shape index (κ2) is 9.31. The van der Waals surface area contributed by atoms with Crippen LogP contribution >= 0.6 is 0 Å². The van der Waals surface area contributed by atoms with Crippen LogP contribution in [0.3, 0.4) is 0 Å². The van der Waals surface area contributed by atoms with Crippen molar-refractivity contribution in [1.82, 2.24) is 9.80 Å². The molecule has 1 N–H and O–H groups in total. The highest BCUT2D eigenvalue weighted by atomic mass is 16.4. The molecule has 0 aromatic heterocycles. The predicted molar refractivity (Wildman–Crippen MR) is 131 cm³/mol. The molecular weight excluding hydrogens is 426 g/mol. The SMILES string of the molecule is O=C(O)CN1CN(c2ccccc2)C2(CCN(C(c3ccccc3)c3ccccc3)CC2)C1=O. The largest absolute Gasteiger partial charge is 0.480 e. The number of carboxylic acids is 1. The number of hydrogen-bond donors (Lipinski definition) is 1. The zero-order valence-corrected chi connectivity index (χ0v) is 19.1. The molecule has 2 saturated heterocycles. The number of piperidine rings is 1. The summed E-state index contributed by atoms with van der Waals surface area (Å²) < 4.78 is 0. The van der Waals surface area contributed by atoms with E-state index in [9.17, 15) is 14.7 Å². The average molecular weight is 456 g/mol. The second-order valence-corrected chi connectivity index (χ2v) is 9.09. The lowest BCUT2D eigenvalue weighted by atomic mass is 9.83. The Morgan fingerprint density at radius 2 is 1.32 bits per heavy atom. The van der Waals surface area contributed by atoms with E-state index in [0.717, 1.165) is 18.8 Å². The van der Waals surface area contributed by atoms with Gasteiger partial charge in [-0.3, -0.25) is 14.5 Å². The van der Waals surface area contributed by atoms with Gasteiger partial charge in [-0.1, -0.05) is 78.9 Å². The summed E-state index contributed by atoms with van der Waals surface area (Å²) in [7, 11) is 0. The van der Waals surface area contributed by atoms with Gasteiger partial charge in [0, 0.05) is 18.8 Å². The van der Waals surface area contributed by atoms with Crippen LogP contribution in [-0.4, -0.2) is 58.6 Å². The lowest BCUT2D eigenvalue weighted by molar-refractivity contribution is -0.144. The van der Waals surface area contributed by atoms with Crippen LogP contribution in [0.1, 0.15) is 30.0 Å². The quantitative estimate of drug-likeness (QED) is 0.609. The number of rotatable bonds is 6. The molecule has 6 nitrogen and oxygen atoms in total. The molecule has 0 bridgehead atoms. The fraction of sp³-hybridized carbons (Fsp3) is 0.286. The van der Waals surface area contributed by atoms with Crippen LogP contribution in [0.15, 0.2) is 91.0 Å². The van der Waals surface area contributed by atoms with Crippen molar-refractivity contribution in [3.05, 3.63) is 102 Å². The van der Waals surface area contributed by atoms with Gasteiger partial charge in [0.1, 0.15) is 12.1 Å². The third-order valence-corrected chi connectivity index (χ3v) is 7.13. The highest BCUT2D eigenvalue weighted by Gasteiger charge is 2.54. The third-order valence-electron chi connectivity index (χ3n) is 7.13. The van der Waals surface area contributed by atoms with Gasteiger partial charge in [0.25, 0.3) is 5.91 Å². The third kappa shape index (κ3) is 4.05. The van der Waals surface area contributed by atoms with E-state index in [-0.39, 0.29) is 18.5 Å². The van der Waals surface area contributed by atoms with Gasteiger partial charge in [-0.2, -0.15) is 0 Å². The molecule has 34 heavy (non-hydrogen) atoms. The molecule has 2 aliphatic rings. The number of carbonyl (C=O) groups excluding carboxylic acids is 1. The number of hydrogen-bond acceptors (Lipinski definition) is 4. The van der Waals surface area contributed by atoms with Crippen molar-refractivity contribution < 1.29 is 14.7 Å². The molecule has 3 aromatic carbocycles. The number of benzene rings is 3. The van der Waals surface area contributed by atoms with Gasteiger partial charge < -0.3 is 14.9 Å². The van der Waals surface area contributed by atoms with E-state index >= 15 is 0 Å². The number of aliphatic carboxylic acids is 1. The lowest BCUT2D eigenvalue weighted by Gasteiger charge is -2.45. The van der Waals surface area contributed by atoms with Crippen LogP contribution in [0.5, 0.6) is 0 Å². The van der Waals surface area contributed by atoms with Crippen LogP contribution in [0, 0.1) is 0 Å². The normalized spacial score (nSPS) is 18.1. The first-order valence-corrected chi connectivity index (χ1v) is 11.8. The fourth-order valence-electron chi connectivity index (χ4n) is 5.52. The number of carboxylic acid groups (broad SMARTS) is 1. The number of likely N-dealkylation sites (tertiary alicyclic amines) is 1.